The zero-order chi connectivity index (χ0) is 13.5. The van der Waals surface area contributed by atoms with Gasteiger partial charge >= 0.3 is 5.97 Å². The molecule has 19 heavy (non-hydrogen) atoms. The lowest BCUT2D eigenvalue weighted by Gasteiger charge is -2.22. The fourth-order valence-corrected chi connectivity index (χ4v) is 1.64. The molecule has 0 saturated carbocycles. The zero-order valence-electron chi connectivity index (χ0n) is 10.9. The van der Waals surface area contributed by atoms with Crippen LogP contribution in [0.5, 0.6) is 0 Å². The van der Waals surface area contributed by atoms with Gasteiger partial charge in [0.25, 0.3) is 0 Å². The van der Waals surface area contributed by atoms with Crippen LogP contribution in [0.2, 0.25) is 0 Å². The van der Waals surface area contributed by atoms with Crippen LogP contribution < -0.4 is 0 Å². The molecule has 1 aromatic rings. The van der Waals surface area contributed by atoms with Crippen LogP contribution in [0.15, 0.2) is 34.6 Å². The van der Waals surface area contributed by atoms with Gasteiger partial charge in [0.15, 0.2) is 0 Å². The summed E-state index contributed by atoms with van der Waals surface area (Å²) in [5.41, 5.74) is 1.23. The first-order chi connectivity index (χ1) is 9.29. The molecule has 0 atom stereocenters. The van der Waals surface area contributed by atoms with Gasteiger partial charge in [0, 0.05) is 0 Å². The third-order valence-electron chi connectivity index (χ3n) is 2.65. The minimum atomic E-state index is -0.320. The number of ether oxygens (including phenoxy) is 2. The van der Waals surface area contributed by atoms with Crippen molar-refractivity contribution in [3.8, 4) is 0 Å². The average molecular weight is 263 g/mol. The van der Waals surface area contributed by atoms with Crippen LogP contribution in [0, 0.1) is 0 Å². The van der Waals surface area contributed by atoms with E-state index in [0.29, 0.717) is 31.1 Å². The van der Waals surface area contributed by atoms with Crippen molar-refractivity contribution in [2.75, 3.05) is 32.9 Å². The number of rotatable bonds is 4. The summed E-state index contributed by atoms with van der Waals surface area (Å²) in [7, 11) is 0. The SMILES string of the molecule is CCOC(=O)c1ccc(N=NN2CCOCC2)cc1. The van der Waals surface area contributed by atoms with E-state index in [2.05, 4.69) is 10.3 Å². The first kappa shape index (κ1) is 13.5. The lowest BCUT2D eigenvalue weighted by atomic mass is 10.2. The van der Waals surface area contributed by atoms with Gasteiger partial charge < -0.3 is 9.47 Å². The van der Waals surface area contributed by atoms with E-state index in [1.807, 2.05) is 5.01 Å². The van der Waals surface area contributed by atoms with Crippen LogP contribution >= 0.6 is 0 Å². The standard InChI is InChI=1S/C13H17N3O3/c1-2-19-13(17)11-3-5-12(6-4-11)14-15-16-7-9-18-10-8-16/h3-6H,2,7-10H2,1H3. The van der Waals surface area contributed by atoms with E-state index in [1.165, 1.54) is 0 Å². The summed E-state index contributed by atoms with van der Waals surface area (Å²) in [5.74, 6) is -0.320. The third-order valence-corrected chi connectivity index (χ3v) is 2.65. The molecule has 6 nitrogen and oxygen atoms in total. The Morgan fingerprint density at radius 1 is 1.32 bits per heavy atom. The highest BCUT2D eigenvalue weighted by molar-refractivity contribution is 5.89. The first-order valence-corrected chi connectivity index (χ1v) is 6.31. The van der Waals surface area contributed by atoms with Crippen molar-refractivity contribution >= 4 is 11.7 Å². The minimum Gasteiger partial charge on any atom is -0.462 e. The summed E-state index contributed by atoms with van der Waals surface area (Å²) >= 11 is 0. The Morgan fingerprint density at radius 2 is 2.00 bits per heavy atom. The maximum Gasteiger partial charge on any atom is 0.338 e. The molecule has 1 aromatic carbocycles. The molecule has 1 fully saturated rings. The van der Waals surface area contributed by atoms with Gasteiger partial charge in [0.1, 0.15) is 0 Å². The maximum atomic E-state index is 11.5. The highest BCUT2D eigenvalue weighted by atomic mass is 16.5. The van der Waals surface area contributed by atoms with Gasteiger partial charge in [-0.25, -0.2) is 4.79 Å². The van der Waals surface area contributed by atoms with E-state index in [4.69, 9.17) is 9.47 Å². The van der Waals surface area contributed by atoms with E-state index in [1.54, 1.807) is 31.2 Å². The Morgan fingerprint density at radius 3 is 2.63 bits per heavy atom. The second-order valence-electron chi connectivity index (χ2n) is 4.02. The Balaban J connectivity index is 1.94. The van der Waals surface area contributed by atoms with Crippen LogP contribution in [0.4, 0.5) is 5.69 Å². The highest BCUT2D eigenvalue weighted by Crippen LogP contribution is 2.15. The number of hydrogen-bond acceptors (Lipinski definition) is 5. The second-order valence-corrected chi connectivity index (χ2v) is 4.02. The topological polar surface area (TPSA) is 63.5 Å². The van der Waals surface area contributed by atoms with Gasteiger partial charge in [-0.05, 0) is 31.2 Å². The molecule has 0 N–H and O–H groups in total. The van der Waals surface area contributed by atoms with Crippen molar-refractivity contribution in [2.45, 2.75) is 6.92 Å². The lowest BCUT2D eigenvalue weighted by molar-refractivity contribution is 0.0353. The number of nitrogens with zero attached hydrogens (tertiary/aromatic N) is 3. The summed E-state index contributed by atoms with van der Waals surface area (Å²) in [6.45, 7) is 5.02. The van der Waals surface area contributed by atoms with Crippen LogP contribution in [0.3, 0.4) is 0 Å². The predicted molar refractivity (Wildman–Crippen MR) is 69.3 cm³/mol. The van der Waals surface area contributed by atoms with Crippen molar-refractivity contribution < 1.29 is 14.3 Å². The first-order valence-electron chi connectivity index (χ1n) is 6.31. The minimum absolute atomic E-state index is 0.320. The summed E-state index contributed by atoms with van der Waals surface area (Å²) in [6, 6.07) is 6.86. The number of hydrogen-bond donors (Lipinski definition) is 0. The molecule has 0 unspecified atom stereocenters. The molecular weight excluding hydrogens is 246 g/mol. The van der Waals surface area contributed by atoms with Gasteiger partial charge in [-0.3, -0.25) is 5.01 Å². The number of morpholine rings is 1. The molecule has 0 bridgehead atoms. The number of esters is 1. The van der Waals surface area contributed by atoms with Crippen molar-refractivity contribution in [3.63, 3.8) is 0 Å². The average Bonchev–Trinajstić information content (AvgIpc) is 2.47. The zero-order valence-corrected chi connectivity index (χ0v) is 10.9. The molecule has 6 heteroatoms. The quantitative estimate of drug-likeness (QED) is 0.617. The van der Waals surface area contributed by atoms with Gasteiger partial charge in [-0.15, -0.1) is 5.11 Å². The molecule has 2 rings (SSSR count). The molecule has 1 saturated heterocycles. The molecule has 102 valence electrons. The summed E-state index contributed by atoms with van der Waals surface area (Å²) in [5, 5.41) is 10.1. The van der Waals surface area contributed by atoms with Gasteiger partial charge in [0.2, 0.25) is 0 Å². The predicted octanol–water partition coefficient (Wildman–Crippen LogP) is 2.19. The second kappa shape index (κ2) is 6.84. The summed E-state index contributed by atoms with van der Waals surface area (Å²) in [4.78, 5) is 11.5. The van der Waals surface area contributed by atoms with Crippen LogP contribution in [0.25, 0.3) is 0 Å². The monoisotopic (exact) mass is 263 g/mol. The molecule has 0 aliphatic carbocycles. The largest absolute Gasteiger partial charge is 0.462 e. The molecular formula is C13H17N3O3. The van der Waals surface area contributed by atoms with Gasteiger partial charge in [-0.2, -0.15) is 0 Å². The van der Waals surface area contributed by atoms with Crippen molar-refractivity contribution in [1.29, 1.82) is 0 Å². The molecule has 0 radical (unpaired) electrons. The van der Waals surface area contributed by atoms with E-state index in [-0.39, 0.29) is 5.97 Å². The summed E-state index contributed by atoms with van der Waals surface area (Å²) in [6.07, 6.45) is 0. The fourth-order valence-electron chi connectivity index (χ4n) is 1.64. The van der Waals surface area contributed by atoms with E-state index < -0.39 is 0 Å². The number of carbonyl (C=O) groups excluding carboxylic acids is 1. The Kier molecular flexibility index (Phi) is 4.85. The van der Waals surface area contributed by atoms with Crippen LogP contribution in [-0.4, -0.2) is 43.9 Å². The lowest BCUT2D eigenvalue weighted by Crippen LogP contribution is -2.31. The third kappa shape index (κ3) is 4.03. The van der Waals surface area contributed by atoms with Crippen LogP contribution in [-0.2, 0) is 9.47 Å². The molecule has 1 aliphatic rings. The molecule has 0 amide bonds. The smallest absolute Gasteiger partial charge is 0.338 e. The molecule has 1 aliphatic heterocycles. The van der Waals surface area contributed by atoms with Crippen molar-refractivity contribution in [1.82, 2.24) is 5.01 Å². The normalized spacial score (nSPS) is 15.7. The van der Waals surface area contributed by atoms with Gasteiger partial charge in [-0.1, -0.05) is 5.22 Å². The van der Waals surface area contributed by atoms with E-state index >= 15 is 0 Å². The van der Waals surface area contributed by atoms with E-state index in [0.717, 1.165) is 13.1 Å². The number of carbonyl (C=O) groups is 1. The highest BCUT2D eigenvalue weighted by Gasteiger charge is 2.08. The molecule has 1 heterocycles. The molecule has 0 spiro atoms. The summed E-state index contributed by atoms with van der Waals surface area (Å²) < 4.78 is 10.1. The Labute approximate surface area is 112 Å². The number of benzene rings is 1. The Hall–Kier alpha value is -1.95. The molecule has 0 aromatic heterocycles. The Bertz CT molecular complexity index is 439. The van der Waals surface area contributed by atoms with E-state index in [9.17, 15) is 4.79 Å². The van der Waals surface area contributed by atoms with Crippen molar-refractivity contribution in [2.24, 2.45) is 10.3 Å². The van der Waals surface area contributed by atoms with Gasteiger partial charge in [0.05, 0.1) is 44.2 Å². The van der Waals surface area contributed by atoms with Crippen LogP contribution in [0.1, 0.15) is 17.3 Å². The maximum absolute atomic E-state index is 11.5. The fraction of sp³-hybridized carbons (Fsp3) is 0.462. The van der Waals surface area contributed by atoms with Crippen molar-refractivity contribution in [3.05, 3.63) is 29.8 Å².